The smallest absolute Gasteiger partial charge is 0.255 e. The molecule has 0 aliphatic heterocycles. The number of aromatic hydroxyl groups is 2. The van der Waals surface area contributed by atoms with Crippen molar-refractivity contribution >= 4 is 5.91 Å². The molecule has 2 aromatic carbocycles. The molecular formula is C17H20N2O3. The Morgan fingerprint density at radius 3 is 2.45 bits per heavy atom. The molecule has 0 unspecified atom stereocenters. The van der Waals surface area contributed by atoms with Crippen LogP contribution >= 0.6 is 0 Å². The largest absolute Gasteiger partial charge is 0.508 e. The molecule has 5 nitrogen and oxygen atoms in total. The van der Waals surface area contributed by atoms with Crippen LogP contribution in [0.15, 0.2) is 48.5 Å². The molecule has 0 bridgehead atoms. The van der Waals surface area contributed by atoms with Crippen LogP contribution in [0.3, 0.4) is 0 Å². The van der Waals surface area contributed by atoms with Crippen molar-refractivity contribution in [1.29, 1.82) is 0 Å². The lowest BCUT2D eigenvalue weighted by molar-refractivity contribution is 0.0939. The standard InChI is InChI=1S/C17H20N2O3/c1-19(2)15(12-6-4-3-5-7-12)11-18-17(22)14-10-13(20)8-9-16(14)21/h3-10,15,20-21H,11H2,1-2H3,(H,18,22)/t15-/m0/s1. The Balaban J connectivity index is 2.10. The van der Waals surface area contributed by atoms with Crippen molar-refractivity contribution in [2.75, 3.05) is 20.6 Å². The topological polar surface area (TPSA) is 72.8 Å². The van der Waals surface area contributed by atoms with E-state index in [-0.39, 0.29) is 23.1 Å². The lowest BCUT2D eigenvalue weighted by atomic mass is 10.1. The first kappa shape index (κ1) is 15.9. The Morgan fingerprint density at radius 1 is 1.14 bits per heavy atom. The van der Waals surface area contributed by atoms with Crippen molar-refractivity contribution in [3.63, 3.8) is 0 Å². The van der Waals surface area contributed by atoms with Crippen molar-refractivity contribution in [2.45, 2.75) is 6.04 Å². The summed E-state index contributed by atoms with van der Waals surface area (Å²) in [5.41, 5.74) is 1.15. The number of hydrogen-bond acceptors (Lipinski definition) is 4. The van der Waals surface area contributed by atoms with Crippen molar-refractivity contribution < 1.29 is 15.0 Å². The van der Waals surface area contributed by atoms with E-state index in [0.717, 1.165) is 5.56 Å². The number of likely N-dealkylation sites (N-methyl/N-ethyl adjacent to an activating group) is 1. The van der Waals surface area contributed by atoms with Gasteiger partial charge in [0, 0.05) is 6.54 Å². The maximum atomic E-state index is 12.2. The highest BCUT2D eigenvalue weighted by atomic mass is 16.3. The van der Waals surface area contributed by atoms with E-state index < -0.39 is 5.91 Å². The minimum absolute atomic E-state index is 0.0182. The van der Waals surface area contributed by atoms with Crippen LogP contribution in [0.4, 0.5) is 0 Å². The summed E-state index contributed by atoms with van der Waals surface area (Å²) in [7, 11) is 3.88. The summed E-state index contributed by atoms with van der Waals surface area (Å²) in [6, 6.07) is 13.8. The molecule has 22 heavy (non-hydrogen) atoms. The Kier molecular flexibility index (Phi) is 5.01. The highest BCUT2D eigenvalue weighted by Crippen LogP contribution is 2.22. The quantitative estimate of drug-likeness (QED) is 0.740. The molecule has 0 aliphatic rings. The van der Waals surface area contributed by atoms with E-state index in [1.165, 1.54) is 18.2 Å². The molecule has 0 saturated heterocycles. The van der Waals surface area contributed by atoms with Gasteiger partial charge in [0.15, 0.2) is 0 Å². The molecule has 3 N–H and O–H groups in total. The predicted octanol–water partition coefficient (Wildman–Crippen LogP) is 2.13. The molecule has 2 rings (SSSR count). The molecule has 0 radical (unpaired) electrons. The number of carbonyl (C=O) groups is 1. The average molecular weight is 300 g/mol. The van der Waals surface area contributed by atoms with Crippen molar-refractivity contribution in [1.82, 2.24) is 10.2 Å². The zero-order chi connectivity index (χ0) is 16.1. The van der Waals surface area contributed by atoms with Crippen LogP contribution in [0.25, 0.3) is 0 Å². The number of benzene rings is 2. The van der Waals surface area contributed by atoms with E-state index in [0.29, 0.717) is 6.54 Å². The Morgan fingerprint density at radius 2 is 1.82 bits per heavy atom. The first-order valence-corrected chi connectivity index (χ1v) is 7.00. The number of phenolic OH excluding ortho intramolecular Hbond substituents is 2. The van der Waals surface area contributed by atoms with Crippen molar-refractivity contribution in [3.05, 3.63) is 59.7 Å². The summed E-state index contributed by atoms with van der Waals surface area (Å²) < 4.78 is 0. The Bertz CT molecular complexity index is 642. The monoisotopic (exact) mass is 300 g/mol. The van der Waals surface area contributed by atoms with Crippen LogP contribution in [0.1, 0.15) is 22.0 Å². The van der Waals surface area contributed by atoms with E-state index in [1.807, 2.05) is 49.3 Å². The fourth-order valence-corrected chi connectivity index (χ4v) is 2.26. The molecular weight excluding hydrogens is 280 g/mol. The molecule has 1 atom stereocenters. The molecule has 2 aromatic rings. The molecule has 0 saturated carbocycles. The number of nitrogens with one attached hydrogen (secondary N) is 1. The van der Waals surface area contributed by atoms with E-state index >= 15 is 0 Å². The SMILES string of the molecule is CN(C)[C@@H](CNC(=O)c1cc(O)ccc1O)c1ccccc1. The summed E-state index contributed by atoms with van der Waals surface area (Å²) in [6.07, 6.45) is 0. The molecule has 0 fully saturated rings. The van der Waals surface area contributed by atoms with Crippen LogP contribution in [0.5, 0.6) is 11.5 Å². The van der Waals surface area contributed by atoms with Crippen LogP contribution in [0, 0.1) is 0 Å². The van der Waals surface area contributed by atoms with Gasteiger partial charge < -0.3 is 20.4 Å². The zero-order valence-corrected chi connectivity index (χ0v) is 12.7. The molecule has 0 aliphatic carbocycles. The first-order valence-electron chi connectivity index (χ1n) is 7.00. The van der Waals surface area contributed by atoms with Gasteiger partial charge in [-0.3, -0.25) is 4.79 Å². The van der Waals surface area contributed by atoms with Gasteiger partial charge in [0.1, 0.15) is 11.5 Å². The highest BCUT2D eigenvalue weighted by Gasteiger charge is 2.17. The van der Waals surface area contributed by atoms with Gasteiger partial charge in [-0.15, -0.1) is 0 Å². The highest BCUT2D eigenvalue weighted by molar-refractivity contribution is 5.97. The molecule has 1 amide bonds. The summed E-state index contributed by atoms with van der Waals surface area (Å²) >= 11 is 0. The third-order valence-electron chi connectivity index (χ3n) is 3.49. The number of nitrogens with zero attached hydrogens (tertiary/aromatic N) is 1. The number of phenols is 2. The summed E-state index contributed by atoms with van der Waals surface area (Å²) in [6.45, 7) is 0.394. The second kappa shape index (κ2) is 6.95. The second-order valence-electron chi connectivity index (χ2n) is 5.30. The third-order valence-corrected chi connectivity index (χ3v) is 3.49. The summed E-state index contributed by atoms with van der Waals surface area (Å²) in [5, 5.41) is 21.9. The van der Waals surface area contributed by atoms with Crippen molar-refractivity contribution in [2.24, 2.45) is 0 Å². The van der Waals surface area contributed by atoms with Gasteiger partial charge in [-0.2, -0.15) is 0 Å². The van der Waals surface area contributed by atoms with E-state index in [1.54, 1.807) is 0 Å². The van der Waals surface area contributed by atoms with Gasteiger partial charge in [0.2, 0.25) is 0 Å². The molecule has 0 heterocycles. The van der Waals surface area contributed by atoms with E-state index in [4.69, 9.17) is 0 Å². The van der Waals surface area contributed by atoms with E-state index in [9.17, 15) is 15.0 Å². The molecule has 5 heteroatoms. The minimum Gasteiger partial charge on any atom is -0.508 e. The van der Waals surface area contributed by atoms with Crippen LogP contribution < -0.4 is 5.32 Å². The number of carbonyl (C=O) groups excluding carboxylic acids is 1. The van der Waals surface area contributed by atoms with Crippen LogP contribution in [-0.2, 0) is 0 Å². The minimum atomic E-state index is -0.420. The summed E-state index contributed by atoms with van der Waals surface area (Å²) in [5.74, 6) is -0.636. The van der Waals surface area contributed by atoms with Gasteiger partial charge in [0.05, 0.1) is 11.6 Å². The van der Waals surface area contributed by atoms with Crippen molar-refractivity contribution in [3.8, 4) is 11.5 Å². The predicted molar refractivity (Wildman–Crippen MR) is 85.0 cm³/mol. The van der Waals surface area contributed by atoms with Gasteiger partial charge >= 0.3 is 0 Å². The normalized spacial score (nSPS) is 12.1. The van der Waals surface area contributed by atoms with Gasteiger partial charge in [-0.25, -0.2) is 0 Å². The van der Waals surface area contributed by atoms with Crippen LogP contribution in [-0.4, -0.2) is 41.7 Å². The third kappa shape index (κ3) is 3.77. The summed E-state index contributed by atoms with van der Waals surface area (Å²) in [4.78, 5) is 14.2. The van der Waals surface area contributed by atoms with Gasteiger partial charge in [0.25, 0.3) is 5.91 Å². The lowest BCUT2D eigenvalue weighted by Gasteiger charge is -2.25. The molecule has 0 spiro atoms. The lowest BCUT2D eigenvalue weighted by Crippen LogP contribution is -2.34. The number of rotatable bonds is 5. The maximum Gasteiger partial charge on any atom is 0.255 e. The molecule has 0 aromatic heterocycles. The van der Waals surface area contributed by atoms with Gasteiger partial charge in [-0.1, -0.05) is 30.3 Å². The zero-order valence-electron chi connectivity index (χ0n) is 12.7. The first-order chi connectivity index (χ1) is 10.5. The van der Waals surface area contributed by atoms with Gasteiger partial charge in [-0.05, 0) is 37.9 Å². The number of amides is 1. The Hall–Kier alpha value is -2.53. The fourth-order valence-electron chi connectivity index (χ4n) is 2.26. The molecule has 116 valence electrons. The number of hydrogen-bond donors (Lipinski definition) is 3. The van der Waals surface area contributed by atoms with E-state index in [2.05, 4.69) is 5.32 Å². The second-order valence-corrected chi connectivity index (χ2v) is 5.30. The average Bonchev–Trinajstić information content (AvgIpc) is 2.50. The maximum absolute atomic E-state index is 12.2. The Labute approximate surface area is 129 Å². The fraction of sp³-hybridized carbons (Fsp3) is 0.235. The van der Waals surface area contributed by atoms with Crippen LogP contribution in [0.2, 0.25) is 0 Å².